The molecule has 0 saturated heterocycles. The number of carboxylic acids is 2. The van der Waals surface area contributed by atoms with Crippen molar-refractivity contribution in [1.82, 2.24) is 41.0 Å². The number of aliphatic hydroxyl groups excluding tert-OH is 1. The van der Waals surface area contributed by atoms with Gasteiger partial charge in [-0.2, -0.15) is 0 Å². The molecular weight excluding hydrogens is 1090 g/mol. The molecule has 1 aromatic heterocycles. The van der Waals surface area contributed by atoms with Crippen molar-refractivity contribution < 1.29 is 81.6 Å². The minimum atomic E-state index is -1.78. The summed E-state index contributed by atoms with van der Waals surface area (Å²) < 4.78 is 31.8. The van der Waals surface area contributed by atoms with Crippen LogP contribution in [0.3, 0.4) is 0 Å². The number of benzene rings is 2. The van der Waals surface area contributed by atoms with E-state index in [1.807, 2.05) is 12.1 Å². The number of unbranched alkanes of at least 4 members (excludes halogenated alkanes) is 2. The topological polar surface area (TPSA) is 363 Å². The second kappa shape index (κ2) is 31.5. The molecule has 2 heterocycles. The van der Waals surface area contributed by atoms with Crippen LogP contribution in [-0.4, -0.2) is 151 Å². The monoisotopic (exact) mass is 1160 g/mol. The van der Waals surface area contributed by atoms with Gasteiger partial charge in [0, 0.05) is 92.9 Å². The van der Waals surface area contributed by atoms with Gasteiger partial charge in [-0.1, -0.05) is 64.4 Å². The number of aliphatic hydroxyl groups is 1. The van der Waals surface area contributed by atoms with Gasteiger partial charge in [0.05, 0.1) is 18.5 Å². The number of carbonyl (C=O) groups is 12. The van der Waals surface area contributed by atoms with Crippen molar-refractivity contribution >= 4 is 70.9 Å². The fourth-order valence-electron chi connectivity index (χ4n) is 9.20. The van der Waals surface area contributed by atoms with E-state index >= 15 is 4.39 Å². The molecule has 4 rings (SSSR count). The third-order valence-corrected chi connectivity index (χ3v) is 13.5. The summed E-state index contributed by atoms with van der Waals surface area (Å²) in [7, 11) is 0. The molecule has 2 aromatic carbocycles. The number of halogens is 2. The summed E-state index contributed by atoms with van der Waals surface area (Å²) in [5.74, 6) is -13.3. The highest BCUT2D eigenvalue weighted by Crippen LogP contribution is 2.41. The van der Waals surface area contributed by atoms with Crippen LogP contribution in [0.5, 0.6) is 0 Å². The molecule has 1 aliphatic rings. The molecular formula is C57H73F2N9O15. The number of hydrogen-bond donors (Lipinski definition) is 9. The van der Waals surface area contributed by atoms with Crippen molar-refractivity contribution in [2.75, 3.05) is 26.2 Å². The quantitative estimate of drug-likeness (QED) is 0.0306. The SMILES string of the molecule is C[C@H](CC(=O)[C@H](C)NC(=O)CCCCCN1C(=O)C=CC1=O)C(=O)N[C@@H](CC(N)=O)C(=O)N[C@@H](CCN(C(=O)CO)[C@@H](c1cc(-c2cc(F)ccc2F)cn1Cc1ccccc1)C(C)(C)C)C(=O)NCCC(=O)N[C@@H](CCC(=O)O)C(=O)O. The van der Waals surface area contributed by atoms with Gasteiger partial charge in [-0.15, -0.1) is 0 Å². The van der Waals surface area contributed by atoms with Crippen LogP contribution >= 0.6 is 0 Å². The van der Waals surface area contributed by atoms with E-state index < -0.39 is 182 Å². The first-order valence-electron chi connectivity index (χ1n) is 27.0. The molecule has 0 saturated carbocycles. The smallest absolute Gasteiger partial charge is 0.326 e. The number of carboxylic acid groups (broad SMARTS) is 2. The number of nitrogens with zero attached hydrogens (tertiary/aromatic N) is 3. The van der Waals surface area contributed by atoms with E-state index in [4.69, 9.17) is 10.8 Å². The second-order valence-electron chi connectivity index (χ2n) is 21.3. The Morgan fingerprint density at radius 2 is 1.37 bits per heavy atom. The van der Waals surface area contributed by atoms with Crippen molar-refractivity contribution in [3.63, 3.8) is 0 Å². The third-order valence-electron chi connectivity index (χ3n) is 13.5. The predicted octanol–water partition coefficient (Wildman–Crippen LogP) is 2.15. The molecule has 0 radical (unpaired) electrons. The number of hydrogen-bond acceptors (Lipinski definition) is 13. The summed E-state index contributed by atoms with van der Waals surface area (Å²) in [4.78, 5) is 156. The van der Waals surface area contributed by atoms with E-state index in [0.717, 1.165) is 28.7 Å². The van der Waals surface area contributed by atoms with Gasteiger partial charge < -0.3 is 57.1 Å². The fourth-order valence-corrected chi connectivity index (χ4v) is 9.20. The molecule has 1 aliphatic heterocycles. The van der Waals surface area contributed by atoms with Crippen LogP contribution in [0, 0.1) is 23.0 Å². The Morgan fingerprint density at radius 3 is 1.99 bits per heavy atom. The van der Waals surface area contributed by atoms with Crippen LogP contribution in [0.1, 0.15) is 116 Å². The number of rotatable bonds is 34. The molecule has 0 aliphatic carbocycles. The van der Waals surface area contributed by atoms with Gasteiger partial charge in [0.25, 0.3) is 11.8 Å². The van der Waals surface area contributed by atoms with Gasteiger partial charge in [-0.05, 0) is 67.9 Å². The highest BCUT2D eigenvalue weighted by molar-refractivity contribution is 6.12. The Kier molecular flexibility index (Phi) is 25.4. The summed E-state index contributed by atoms with van der Waals surface area (Å²) >= 11 is 0. The lowest BCUT2D eigenvalue weighted by atomic mass is 9.82. The summed E-state index contributed by atoms with van der Waals surface area (Å²) in [6, 6.07) is 6.39. The van der Waals surface area contributed by atoms with E-state index in [9.17, 15) is 72.1 Å². The van der Waals surface area contributed by atoms with Crippen molar-refractivity contribution in [1.29, 1.82) is 0 Å². The van der Waals surface area contributed by atoms with Gasteiger partial charge in [0.15, 0.2) is 5.78 Å². The largest absolute Gasteiger partial charge is 0.481 e. The zero-order chi connectivity index (χ0) is 61.7. The minimum absolute atomic E-state index is 0.0203. The van der Waals surface area contributed by atoms with Crippen LogP contribution in [0.2, 0.25) is 0 Å². The first kappa shape index (κ1) is 66.8. The molecule has 0 unspecified atom stereocenters. The van der Waals surface area contributed by atoms with E-state index in [0.29, 0.717) is 25.0 Å². The van der Waals surface area contributed by atoms with E-state index in [-0.39, 0.29) is 30.6 Å². The summed E-state index contributed by atoms with van der Waals surface area (Å²) in [6.07, 6.45) is 1.92. The summed E-state index contributed by atoms with van der Waals surface area (Å²) in [6.45, 7) is 6.40. The van der Waals surface area contributed by atoms with Crippen LogP contribution in [0.4, 0.5) is 8.78 Å². The van der Waals surface area contributed by atoms with Crippen molar-refractivity contribution in [2.24, 2.45) is 17.1 Å². The van der Waals surface area contributed by atoms with Gasteiger partial charge >= 0.3 is 11.9 Å². The Labute approximate surface area is 477 Å². The van der Waals surface area contributed by atoms with Crippen LogP contribution in [-0.2, 0) is 64.1 Å². The van der Waals surface area contributed by atoms with Gasteiger partial charge in [0.2, 0.25) is 41.4 Å². The molecule has 83 heavy (non-hydrogen) atoms. The predicted molar refractivity (Wildman–Crippen MR) is 293 cm³/mol. The fraction of sp³-hybridized carbons (Fsp3) is 0.474. The average Bonchev–Trinajstić information content (AvgIpc) is 2.87. The standard InChI is InChI=1S/C57H73F2N9O15/c1-33(26-44(70)34(2)62-46(72)14-10-7-11-24-67-48(74)18-19-49(67)75)53(79)65-42(29-45(60)71)55(81)64-40(54(80)61-23-21-47(73)63-41(56(82)83)17-20-51(77)78)22-25-68(50(76)32-69)52(57(3,4)5)43-27-36(38-28-37(58)15-16-39(38)59)31-66(43)30-35-12-8-6-9-13-35/h6,8-9,12-13,15-16,18-19,27-28,31,33-34,40-42,52,69H,7,10-11,14,17,20-26,29-30,32H2,1-5H3,(H2,60,71)(H,61,80)(H,62,72)(H,63,73)(H,64,81)(H,65,79)(H,77,78)(H,82,83)/t33-,34+,40+,41+,42+,52+/m1/s1. The number of amides is 9. The second-order valence-corrected chi connectivity index (χ2v) is 21.3. The number of aromatic nitrogens is 1. The molecule has 0 spiro atoms. The molecule has 6 atom stereocenters. The number of carbonyl (C=O) groups excluding carboxylic acids is 10. The number of primary amides is 1. The molecule has 26 heteroatoms. The maximum atomic E-state index is 15.4. The Bertz CT molecular complexity index is 2890. The minimum Gasteiger partial charge on any atom is -0.481 e. The van der Waals surface area contributed by atoms with Crippen LogP contribution in [0.25, 0.3) is 11.1 Å². The lowest BCUT2D eigenvalue weighted by molar-refractivity contribution is -0.143. The Balaban J connectivity index is 1.59. The maximum absolute atomic E-state index is 15.4. The number of nitrogens with two attached hydrogens (primary N) is 1. The number of imide groups is 1. The number of aliphatic carboxylic acids is 2. The molecule has 24 nitrogen and oxygen atoms in total. The number of Topliss-reactive ketones (excluding diaryl/α,β-unsaturated/α-hetero) is 1. The summed E-state index contributed by atoms with van der Waals surface area (Å²) in [5, 5.41) is 41.1. The van der Waals surface area contributed by atoms with Crippen LogP contribution in [0.15, 0.2) is 72.9 Å². The maximum Gasteiger partial charge on any atom is 0.326 e. The number of nitrogens with one attached hydrogen (secondary N) is 5. The van der Waals surface area contributed by atoms with Gasteiger partial charge in [0.1, 0.15) is 36.4 Å². The zero-order valence-corrected chi connectivity index (χ0v) is 46.9. The molecule has 3 aromatic rings. The molecule has 10 N–H and O–H groups in total. The number of ketones is 1. The first-order valence-corrected chi connectivity index (χ1v) is 27.0. The first-order chi connectivity index (χ1) is 39.1. The highest BCUT2D eigenvalue weighted by Gasteiger charge is 2.39. The zero-order valence-electron chi connectivity index (χ0n) is 46.9. The molecule has 450 valence electrons. The van der Waals surface area contributed by atoms with Crippen molar-refractivity contribution in [3.8, 4) is 11.1 Å². The molecule has 9 amide bonds. The van der Waals surface area contributed by atoms with E-state index in [1.54, 1.807) is 55.8 Å². The summed E-state index contributed by atoms with van der Waals surface area (Å²) in [5.41, 5.74) is 5.87. The third kappa shape index (κ3) is 21.0. The van der Waals surface area contributed by atoms with E-state index in [1.165, 1.54) is 30.9 Å². The van der Waals surface area contributed by atoms with Crippen molar-refractivity contribution in [2.45, 2.75) is 136 Å². The van der Waals surface area contributed by atoms with E-state index in [2.05, 4.69) is 26.6 Å². The molecule has 0 bridgehead atoms. The highest BCUT2D eigenvalue weighted by atomic mass is 19.1. The lowest BCUT2D eigenvalue weighted by Gasteiger charge is -2.41. The van der Waals surface area contributed by atoms with Crippen molar-refractivity contribution in [3.05, 3.63) is 95.8 Å². The van der Waals surface area contributed by atoms with Gasteiger partial charge in [-0.25, -0.2) is 13.6 Å². The Morgan fingerprint density at radius 1 is 0.723 bits per heavy atom. The van der Waals surface area contributed by atoms with Crippen LogP contribution < -0.4 is 32.3 Å². The normalized spacial score (nSPS) is 14.3. The molecule has 0 fully saturated rings. The Hall–Kier alpha value is -8.68. The van der Waals surface area contributed by atoms with Gasteiger partial charge in [-0.3, -0.25) is 57.6 Å². The average molecular weight is 1160 g/mol. The lowest BCUT2D eigenvalue weighted by Crippen LogP contribution is -2.56.